The Balaban J connectivity index is 1.92. The minimum Gasteiger partial charge on any atom is -0.351 e. The summed E-state index contributed by atoms with van der Waals surface area (Å²) in [5.74, 6) is -0.0240. The number of rotatable bonds is 6. The number of benzene rings is 1. The highest BCUT2D eigenvalue weighted by molar-refractivity contribution is 6.27. The van der Waals surface area contributed by atoms with Crippen molar-refractivity contribution in [2.45, 2.75) is 83.3 Å². The van der Waals surface area contributed by atoms with Crippen LogP contribution >= 0.6 is 11.6 Å². The normalized spacial score (nSPS) is 26.1. The van der Waals surface area contributed by atoms with Crippen LogP contribution in [0.2, 0.25) is 0 Å². The van der Waals surface area contributed by atoms with Crippen molar-refractivity contribution in [2.75, 3.05) is 5.88 Å². The molecule has 1 aromatic rings. The molecule has 2 amide bonds. The van der Waals surface area contributed by atoms with E-state index in [2.05, 4.69) is 19.2 Å². The topological polar surface area (TPSA) is 49.4 Å². The Morgan fingerprint density at radius 2 is 1.73 bits per heavy atom. The van der Waals surface area contributed by atoms with Gasteiger partial charge in [-0.05, 0) is 48.8 Å². The first-order valence-electron chi connectivity index (χ1n) is 11.3. The lowest BCUT2D eigenvalue weighted by Crippen LogP contribution is -2.53. The predicted molar refractivity (Wildman–Crippen MR) is 118 cm³/mol. The summed E-state index contributed by atoms with van der Waals surface area (Å²) in [5.41, 5.74) is 0.634. The highest BCUT2D eigenvalue weighted by Gasteiger charge is 2.38. The average Bonchev–Trinajstić information content (AvgIpc) is 2.76. The SMILES string of the molecule is C[C@H]1[C@H](C)CCC[C@@H]1NC(=O)[C@H](c1ccc(F)cc1)N(C(=O)CCl)C1CCCCC1. The Labute approximate surface area is 184 Å². The molecule has 0 saturated heterocycles. The van der Waals surface area contributed by atoms with Gasteiger partial charge in [0, 0.05) is 12.1 Å². The van der Waals surface area contributed by atoms with Gasteiger partial charge in [0.15, 0.2) is 0 Å². The largest absolute Gasteiger partial charge is 0.351 e. The van der Waals surface area contributed by atoms with Gasteiger partial charge in [-0.25, -0.2) is 4.39 Å². The number of halogens is 2. The summed E-state index contributed by atoms with van der Waals surface area (Å²) in [6.45, 7) is 4.41. The Morgan fingerprint density at radius 3 is 2.37 bits per heavy atom. The fourth-order valence-electron chi connectivity index (χ4n) is 5.12. The number of nitrogens with one attached hydrogen (secondary N) is 1. The zero-order valence-electron chi connectivity index (χ0n) is 18.1. The number of amides is 2. The lowest BCUT2D eigenvalue weighted by atomic mass is 9.78. The summed E-state index contributed by atoms with van der Waals surface area (Å²) in [4.78, 5) is 28.2. The van der Waals surface area contributed by atoms with Crippen LogP contribution in [0.3, 0.4) is 0 Å². The Bertz CT molecular complexity index is 720. The molecule has 0 bridgehead atoms. The zero-order valence-corrected chi connectivity index (χ0v) is 18.8. The minimum atomic E-state index is -0.788. The van der Waals surface area contributed by atoms with Gasteiger partial charge < -0.3 is 10.2 Å². The molecule has 30 heavy (non-hydrogen) atoms. The molecule has 2 fully saturated rings. The Kier molecular flexibility index (Phi) is 8.15. The Morgan fingerprint density at radius 1 is 1.07 bits per heavy atom. The smallest absolute Gasteiger partial charge is 0.247 e. The second kappa shape index (κ2) is 10.6. The van der Waals surface area contributed by atoms with Crippen LogP contribution < -0.4 is 5.32 Å². The summed E-state index contributed by atoms with van der Waals surface area (Å²) in [6.07, 6.45) is 8.15. The van der Waals surface area contributed by atoms with Crippen molar-refractivity contribution in [3.8, 4) is 0 Å². The molecule has 2 saturated carbocycles. The van der Waals surface area contributed by atoms with Gasteiger partial charge in [0.1, 0.15) is 17.7 Å². The molecule has 2 aliphatic carbocycles. The third-order valence-corrected chi connectivity index (χ3v) is 7.35. The van der Waals surface area contributed by atoms with E-state index in [1.165, 1.54) is 18.6 Å². The van der Waals surface area contributed by atoms with Crippen molar-refractivity contribution in [1.29, 1.82) is 0 Å². The van der Waals surface area contributed by atoms with Crippen LogP contribution in [0.1, 0.15) is 76.8 Å². The van der Waals surface area contributed by atoms with Crippen LogP contribution in [0.5, 0.6) is 0 Å². The number of nitrogens with zero attached hydrogens (tertiary/aromatic N) is 1. The van der Waals surface area contributed by atoms with Gasteiger partial charge in [0.25, 0.3) is 0 Å². The first kappa shape index (κ1) is 23.1. The molecule has 6 heteroatoms. The van der Waals surface area contributed by atoms with Gasteiger partial charge in [-0.15, -0.1) is 11.6 Å². The van der Waals surface area contributed by atoms with Crippen LogP contribution in [0.25, 0.3) is 0 Å². The predicted octanol–water partition coefficient (Wildman–Crippen LogP) is 5.21. The van der Waals surface area contributed by atoms with Gasteiger partial charge in [-0.2, -0.15) is 0 Å². The molecule has 1 aromatic carbocycles. The highest BCUT2D eigenvalue weighted by Crippen LogP contribution is 2.33. The molecule has 4 atom stereocenters. The van der Waals surface area contributed by atoms with Gasteiger partial charge in [0.05, 0.1) is 0 Å². The van der Waals surface area contributed by atoms with Gasteiger partial charge in [-0.3, -0.25) is 9.59 Å². The van der Waals surface area contributed by atoms with E-state index in [1.54, 1.807) is 17.0 Å². The molecule has 166 valence electrons. The van der Waals surface area contributed by atoms with Crippen molar-refractivity contribution in [3.05, 3.63) is 35.6 Å². The lowest BCUT2D eigenvalue weighted by Gasteiger charge is -2.41. The second-order valence-electron chi connectivity index (χ2n) is 9.06. The third-order valence-electron chi connectivity index (χ3n) is 7.12. The van der Waals surface area contributed by atoms with Crippen molar-refractivity contribution in [1.82, 2.24) is 10.2 Å². The summed E-state index contributed by atoms with van der Waals surface area (Å²) in [6, 6.07) is 5.21. The molecule has 1 N–H and O–H groups in total. The van der Waals surface area contributed by atoms with Gasteiger partial charge in [0.2, 0.25) is 11.8 Å². The Hall–Kier alpha value is -1.62. The van der Waals surface area contributed by atoms with E-state index in [4.69, 9.17) is 11.6 Å². The van der Waals surface area contributed by atoms with E-state index in [1.807, 2.05) is 0 Å². The average molecular weight is 437 g/mol. The number of alkyl halides is 1. The van der Waals surface area contributed by atoms with Gasteiger partial charge in [-0.1, -0.05) is 58.1 Å². The van der Waals surface area contributed by atoms with E-state index in [0.717, 1.165) is 44.9 Å². The maximum absolute atomic E-state index is 13.6. The molecule has 0 radical (unpaired) electrons. The molecular formula is C24H34ClFN2O2. The van der Waals surface area contributed by atoms with Crippen LogP contribution in [-0.4, -0.2) is 34.7 Å². The van der Waals surface area contributed by atoms with Crippen molar-refractivity contribution >= 4 is 23.4 Å². The molecular weight excluding hydrogens is 403 g/mol. The summed E-state index contributed by atoms with van der Waals surface area (Å²) >= 11 is 5.98. The van der Waals surface area contributed by atoms with Crippen LogP contribution in [-0.2, 0) is 9.59 Å². The first-order valence-corrected chi connectivity index (χ1v) is 11.9. The van der Waals surface area contributed by atoms with Crippen LogP contribution in [0.15, 0.2) is 24.3 Å². The fourth-order valence-corrected chi connectivity index (χ4v) is 5.26. The van der Waals surface area contributed by atoms with Crippen LogP contribution in [0.4, 0.5) is 4.39 Å². The molecule has 0 aliphatic heterocycles. The summed E-state index contributed by atoms with van der Waals surface area (Å²) < 4.78 is 13.6. The van der Waals surface area contributed by atoms with Crippen molar-refractivity contribution in [2.24, 2.45) is 11.8 Å². The van der Waals surface area contributed by atoms with E-state index in [9.17, 15) is 14.0 Å². The quantitative estimate of drug-likeness (QED) is 0.622. The number of carbonyl (C=O) groups excluding carboxylic acids is 2. The highest BCUT2D eigenvalue weighted by atomic mass is 35.5. The van der Waals surface area contributed by atoms with Crippen molar-refractivity contribution in [3.63, 3.8) is 0 Å². The monoisotopic (exact) mass is 436 g/mol. The molecule has 0 aromatic heterocycles. The lowest BCUT2D eigenvalue weighted by molar-refractivity contribution is -0.143. The molecule has 0 heterocycles. The molecule has 0 unspecified atom stereocenters. The standard InChI is InChI=1S/C24H34ClFN2O2/c1-16-7-6-10-21(17(16)2)27-24(30)23(18-11-13-19(26)14-12-18)28(22(29)15-25)20-8-4-3-5-9-20/h11-14,16-17,20-21,23H,3-10,15H2,1-2H3,(H,27,30)/t16-,17+,21+,23+/m1/s1. The second-order valence-corrected chi connectivity index (χ2v) is 9.33. The minimum absolute atomic E-state index is 0.0199. The first-order chi connectivity index (χ1) is 14.4. The maximum atomic E-state index is 13.6. The van der Waals surface area contributed by atoms with E-state index in [-0.39, 0.29) is 35.6 Å². The summed E-state index contributed by atoms with van der Waals surface area (Å²) in [5, 5.41) is 3.24. The summed E-state index contributed by atoms with van der Waals surface area (Å²) in [7, 11) is 0. The zero-order chi connectivity index (χ0) is 21.7. The molecule has 0 spiro atoms. The fraction of sp³-hybridized carbons (Fsp3) is 0.667. The number of hydrogen-bond donors (Lipinski definition) is 1. The third kappa shape index (κ3) is 5.35. The number of hydrogen-bond acceptors (Lipinski definition) is 2. The molecule has 3 rings (SSSR count). The molecule has 4 nitrogen and oxygen atoms in total. The van der Waals surface area contributed by atoms with E-state index in [0.29, 0.717) is 17.4 Å². The van der Waals surface area contributed by atoms with E-state index >= 15 is 0 Å². The van der Waals surface area contributed by atoms with E-state index < -0.39 is 6.04 Å². The van der Waals surface area contributed by atoms with Gasteiger partial charge >= 0.3 is 0 Å². The van der Waals surface area contributed by atoms with Crippen molar-refractivity contribution < 1.29 is 14.0 Å². The molecule has 2 aliphatic rings. The van der Waals surface area contributed by atoms with Crippen LogP contribution in [0, 0.1) is 17.7 Å². The number of carbonyl (C=O) groups is 2. The maximum Gasteiger partial charge on any atom is 0.247 e.